The zero-order valence-electron chi connectivity index (χ0n) is 13.7. The van der Waals surface area contributed by atoms with Gasteiger partial charge >= 0.3 is 0 Å². The third-order valence-electron chi connectivity index (χ3n) is 5.55. The van der Waals surface area contributed by atoms with Crippen LogP contribution in [0.4, 0.5) is 0 Å². The van der Waals surface area contributed by atoms with Gasteiger partial charge in [-0.2, -0.15) is 11.3 Å². The van der Waals surface area contributed by atoms with Gasteiger partial charge in [-0.3, -0.25) is 9.80 Å². The van der Waals surface area contributed by atoms with Crippen molar-refractivity contribution in [2.75, 3.05) is 32.8 Å². The molecule has 4 rings (SSSR count). The molecule has 0 spiro atoms. The summed E-state index contributed by atoms with van der Waals surface area (Å²) >= 11 is 1.83. The van der Waals surface area contributed by atoms with Gasteiger partial charge in [-0.15, -0.1) is 0 Å². The van der Waals surface area contributed by atoms with Crippen LogP contribution in [-0.4, -0.2) is 42.6 Å². The molecule has 2 aliphatic heterocycles. The molecule has 3 heteroatoms. The second-order valence-electron chi connectivity index (χ2n) is 7.06. The topological polar surface area (TPSA) is 6.48 Å². The highest BCUT2D eigenvalue weighted by atomic mass is 32.1. The molecule has 1 aromatic carbocycles. The van der Waals surface area contributed by atoms with Gasteiger partial charge in [-0.25, -0.2) is 0 Å². The number of piperidine rings is 1. The third-order valence-corrected chi connectivity index (χ3v) is 6.25. The highest BCUT2D eigenvalue weighted by Crippen LogP contribution is 2.31. The van der Waals surface area contributed by atoms with Crippen LogP contribution in [-0.2, 0) is 0 Å². The standard InChI is InChI=1S/C20H26N2S/c1-2-4-17(5-3-1)18-6-10-21(11-7-18)16-22-12-8-19(14-22)20-9-13-23-15-20/h1-5,9,13,15,18-19H,6-8,10-12,14,16H2. The second kappa shape index (κ2) is 7.16. The summed E-state index contributed by atoms with van der Waals surface area (Å²) in [4.78, 5) is 5.32. The van der Waals surface area contributed by atoms with E-state index >= 15 is 0 Å². The van der Waals surface area contributed by atoms with E-state index in [1.807, 2.05) is 11.3 Å². The maximum absolute atomic E-state index is 2.66. The van der Waals surface area contributed by atoms with Crippen LogP contribution in [0.2, 0.25) is 0 Å². The average molecular weight is 327 g/mol. The van der Waals surface area contributed by atoms with Gasteiger partial charge in [0.15, 0.2) is 0 Å². The van der Waals surface area contributed by atoms with Crippen LogP contribution in [0.3, 0.4) is 0 Å². The highest BCUT2D eigenvalue weighted by molar-refractivity contribution is 7.07. The van der Waals surface area contributed by atoms with Crippen LogP contribution in [0.5, 0.6) is 0 Å². The van der Waals surface area contributed by atoms with Crippen LogP contribution in [0, 0.1) is 0 Å². The number of hydrogen-bond acceptors (Lipinski definition) is 3. The Hall–Kier alpha value is -1.16. The number of likely N-dealkylation sites (tertiary alicyclic amines) is 2. The van der Waals surface area contributed by atoms with Gasteiger partial charge in [-0.1, -0.05) is 30.3 Å². The molecule has 2 aliphatic rings. The summed E-state index contributed by atoms with van der Waals surface area (Å²) in [5, 5.41) is 4.55. The molecule has 0 radical (unpaired) electrons. The third kappa shape index (κ3) is 3.68. The summed E-state index contributed by atoms with van der Waals surface area (Å²) in [5.74, 6) is 1.53. The van der Waals surface area contributed by atoms with E-state index in [1.165, 1.54) is 57.7 Å². The van der Waals surface area contributed by atoms with Crippen LogP contribution in [0.1, 0.15) is 42.2 Å². The smallest absolute Gasteiger partial charge is 0.0506 e. The summed E-state index contributed by atoms with van der Waals surface area (Å²) < 4.78 is 0. The first-order valence-electron chi connectivity index (χ1n) is 8.90. The van der Waals surface area contributed by atoms with E-state index in [2.05, 4.69) is 57.0 Å². The summed E-state index contributed by atoms with van der Waals surface area (Å²) in [5.41, 5.74) is 3.09. The monoisotopic (exact) mass is 326 g/mol. The molecule has 3 heterocycles. The molecule has 122 valence electrons. The van der Waals surface area contributed by atoms with Crippen molar-refractivity contribution in [2.24, 2.45) is 0 Å². The van der Waals surface area contributed by atoms with Gasteiger partial charge in [0.25, 0.3) is 0 Å². The quantitative estimate of drug-likeness (QED) is 0.823. The lowest BCUT2D eigenvalue weighted by atomic mass is 9.90. The van der Waals surface area contributed by atoms with Gasteiger partial charge in [0.05, 0.1) is 6.67 Å². The fourth-order valence-corrected chi connectivity index (χ4v) is 4.90. The van der Waals surface area contributed by atoms with Crippen LogP contribution >= 0.6 is 11.3 Å². The Morgan fingerprint density at radius 2 is 1.57 bits per heavy atom. The molecule has 2 aromatic rings. The van der Waals surface area contributed by atoms with E-state index in [0.29, 0.717) is 0 Å². The molecule has 2 fully saturated rings. The fraction of sp³-hybridized carbons (Fsp3) is 0.500. The van der Waals surface area contributed by atoms with Crippen molar-refractivity contribution in [1.82, 2.24) is 9.80 Å². The molecule has 1 atom stereocenters. The number of nitrogens with zero attached hydrogens (tertiary/aromatic N) is 2. The zero-order chi connectivity index (χ0) is 15.5. The fourth-order valence-electron chi connectivity index (χ4n) is 4.16. The van der Waals surface area contributed by atoms with Gasteiger partial charge < -0.3 is 0 Å². The first-order valence-corrected chi connectivity index (χ1v) is 9.84. The van der Waals surface area contributed by atoms with Crippen molar-refractivity contribution in [3.8, 4) is 0 Å². The largest absolute Gasteiger partial charge is 0.290 e. The number of benzene rings is 1. The van der Waals surface area contributed by atoms with Gasteiger partial charge in [-0.05, 0) is 72.1 Å². The van der Waals surface area contributed by atoms with Crippen molar-refractivity contribution in [2.45, 2.75) is 31.1 Å². The Labute approximate surface area is 143 Å². The number of thiophene rings is 1. The van der Waals surface area contributed by atoms with Gasteiger partial charge in [0.2, 0.25) is 0 Å². The van der Waals surface area contributed by atoms with Crippen LogP contribution in [0.15, 0.2) is 47.2 Å². The molecule has 23 heavy (non-hydrogen) atoms. The average Bonchev–Trinajstić information content (AvgIpc) is 3.28. The van der Waals surface area contributed by atoms with Crippen molar-refractivity contribution in [1.29, 1.82) is 0 Å². The van der Waals surface area contributed by atoms with Crippen LogP contribution in [0.25, 0.3) is 0 Å². The Bertz CT molecular complexity index is 587. The molecule has 1 aromatic heterocycles. The summed E-state index contributed by atoms with van der Waals surface area (Å²) in [6, 6.07) is 13.4. The Balaban J connectivity index is 1.26. The normalized spacial score (nSPS) is 24.3. The lowest BCUT2D eigenvalue weighted by molar-refractivity contribution is 0.123. The summed E-state index contributed by atoms with van der Waals surface area (Å²) in [6.07, 6.45) is 3.95. The van der Waals surface area contributed by atoms with Crippen LogP contribution < -0.4 is 0 Å². The molecule has 2 nitrogen and oxygen atoms in total. The predicted octanol–water partition coefficient (Wildman–Crippen LogP) is 4.37. The van der Waals surface area contributed by atoms with Crippen molar-refractivity contribution < 1.29 is 0 Å². The van der Waals surface area contributed by atoms with E-state index < -0.39 is 0 Å². The molecule has 0 aliphatic carbocycles. The first-order chi connectivity index (χ1) is 11.4. The summed E-state index contributed by atoms with van der Waals surface area (Å²) in [7, 11) is 0. The zero-order valence-corrected chi connectivity index (χ0v) is 14.5. The van der Waals surface area contributed by atoms with E-state index in [9.17, 15) is 0 Å². The Kier molecular flexibility index (Phi) is 4.79. The van der Waals surface area contributed by atoms with Gasteiger partial charge in [0, 0.05) is 13.1 Å². The highest BCUT2D eigenvalue weighted by Gasteiger charge is 2.27. The Morgan fingerprint density at radius 1 is 0.826 bits per heavy atom. The minimum absolute atomic E-state index is 0.767. The van der Waals surface area contributed by atoms with E-state index in [0.717, 1.165) is 11.8 Å². The maximum Gasteiger partial charge on any atom is 0.0506 e. The number of rotatable bonds is 4. The molecular formula is C20H26N2S. The predicted molar refractivity (Wildman–Crippen MR) is 98.1 cm³/mol. The minimum Gasteiger partial charge on any atom is -0.290 e. The van der Waals surface area contributed by atoms with E-state index in [-0.39, 0.29) is 0 Å². The molecule has 1 unspecified atom stereocenters. The van der Waals surface area contributed by atoms with E-state index in [1.54, 1.807) is 5.56 Å². The molecule has 0 amide bonds. The van der Waals surface area contributed by atoms with E-state index in [4.69, 9.17) is 0 Å². The minimum atomic E-state index is 0.767. The van der Waals surface area contributed by atoms with Crippen molar-refractivity contribution in [3.05, 3.63) is 58.3 Å². The molecule has 0 bridgehead atoms. The molecule has 2 saturated heterocycles. The molecular weight excluding hydrogens is 300 g/mol. The number of hydrogen-bond donors (Lipinski definition) is 0. The second-order valence-corrected chi connectivity index (χ2v) is 7.84. The molecule has 0 saturated carbocycles. The maximum atomic E-state index is 2.66. The summed E-state index contributed by atoms with van der Waals surface area (Å²) in [6.45, 7) is 6.18. The van der Waals surface area contributed by atoms with Crippen molar-refractivity contribution >= 4 is 11.3 Å². The Morgan fingerprint density at radius 3 is 2.30 bits per heavy atom. The van der Waals surface area contributed by atoms with Crippen molar-refractivity contribution in [3.63, 3.8) is 0 Å². The lowest BCUT2D eigenvalue weighted by Crippen LogP contribution is -2.41. The first kappa shape index (κ1) is 15.4. The van der Waals surface area contributed by atoms with Gasteiger partial charge in [0.1, 0.15) is 0 Å². The lowest BCUT2D eigenvalue weighted by Gasteiger charge is -2.34. The SMILES string of the molecule is c1ccc(C2CCN(CN3CCC(c4ccsc4)C3)CC2)cc1. The molecule has 0 N–H and O–H groups in total.